The summed E-state index contributed by atoms with van der Waals surface area (Å²) in [6.07, 6.45) is 3.26. The molecule has 160 valence electrons. The number of nitrogens with zero attached hydrogens (tertiary/aromatic N) is 4. The van der Waals surface area contributed by atoms with Crippen molar-refractivity contribution in [2.24, 2.45) is 10.2 Å². The molecular formula is C19H24N6O3S2. The van der Waals surface area contributed by atoms with Crippen molar-refractivity contribution < 1.29 is 14.3 Å². The molecule has 2 amide bonds. The predicted molar refractivity (Wildman–Crippen MR) is 122 cm³/mol. The van der Waals surface area contributed by atoms with Gasteiger partial charge in [-0.1, -0.05) is 0 Å². The molecule has 2 fully saturated rings. The average molecular weight is 449 g/mol. The van der Waals surface area contributed by atoms with Crippen LogP contribution in [0.15, 0.2) is 34.5 Å². The zero-order valence-corrected chi connectivity index (χ0v) is 18.1. The first-order chi connectivity index (χ1) is 14.8. The minimum atomic E-state index is -0.489. The van der Waals surface area contributed by atoms with Crippen LogP contribution in [0.25, 0.3) is 0 Å². The molecule has 2 N–H and O–H groups in total. The second kappa shape index (κ2) is 10.5. The monoisotopic (exact) mass is 448 g/mol. The number of carbonyl (C=O) groups excluding carboxylic acids is 1. The maximum atomic E-state index is 11.8. The molecule has 2 saturated heterocycles. The van der Waals surface area contributed by atoms with E-state index < -0.39 is 6.03 Å². The fraction of sp³-hybridized carbons (Fsp3) is 0.421. The first kappa shape index (κ1) is 20.8. The van der Waals surface area contributed by atoms with E-state index >= 15 is 0 Å². The Morgan fingerprint density at radius 1 is 0.800 bits per heavy atom. The summed E-state index contributed by atoms with van der Waals surface area (Å²) in [7, 11) is 0. The van der Waals surface area contributed by atoms with Crippen LogP contribution >= 0.6 is 22.7 Å². The lowest BCUT2D eigenvalue weighted by Crippen LogP contribution is -2.35. The number of amides is 2. The van der Waals surface area contributed by atoms with Gasteiger partial charge in [-0.25, -0.2) is 15.6 Å². The summed E-state index contributed by atoms with van der Waals surface area (Å²) in [5, 5.41) is 10.3. The van der Waals surface area contributed by atoms with E-state index in [1.54, 1.807) is 35.1 Å². The van der Waals surface area contributed by atoms with E-state index in [1.165, 1.54) is 10.0 Å². The van der Waals surface area contributed by atoms with Gasteiger partial charge in [0.05, 0.1) is 48.9 Å². The van der Waals surface area contributed by atoms with Gasteiger partial charge in [-0.2, -0.15) is 10.2 Å². The molecule has 0 aromatic carbocycles. The van der Waals surface area contributed by atoms with Crippen molar-refractivity contribution >= 4 is 51.1 Å². The first-order valence-electron chi connectivity index (χ1n) is 9.75. The fourth-order valence-corrected chi connectivity index (χ4v) is 4.93. The number of rotatable bonds is 6. The highest BCUT2D eigenvalue weighted by Gasteiger charge is 2.13. The Balaban J connectivity index is 1.20. The zero-order valence-electron chi connectivity index (χ0n) is 16.5. The summed E-state index contributed by atoms with van der Waals surface area (Å²) in [5.41, 5.74) is 4.85. The summed E-state index contributed by atoms with van der Waals surface area (Å²) < 4.78 is 10.7. The standard InChI is InChI=1S/C19H24N6O3S2/c26-19(22-20-13-15-1-3-17(29-15)24-5-9-27-10-6-24)23-21-14-16-2-4-18(30-16)25-7-11-28-12-8-25/h1-4,13-14H,5-12H2,(H2,22,23,26)/b20-13+,21-14+. The molecule has 11 heteroatoms. The lowest BCUT2D eigenvalue weighted by Gasteiger charge is -2.27. The second-order valence-corrected chi connectivity index (χ2v) is 8.81. The topological polar surface area (TPSA) is 90.8 Å². The van der Waals surface area contributed by atoms with E-state index in [-0.39, 0.29) is 0 Å². The first-order valence-corrected chi connectivity index (χ1v) is 11.4. The molecule has 0 unspecified atom stereocenters. The Labute approximate surface area is 183 Å². The number of thiophene rings is 2. The molecule has 30 heavy (non-hydrogen) atoms. The molecule has 2 aromatic rings. The smallest absolute Gasteiger partial charge is 0.355 e. The molecule has 0 bridgehead atoms. The Morgan fingerprint density at radius 3 is 1.67 bits per heavy atom. The summed E-state index contributed by atoms with van der Waals surface area (Å²) in [5.74, 6) is 0. The molecule has 4 rings (SSSR count). The summed E-state index contributed by atoms with van der Waals surface area (Å²) in [4.78, 5) is 18.3. The van der Waals surface area contributed by atoms with Crippen molar-refractivity contribution in [3.05, 3.63) is 34.0 Å². The van der Waals surface area contributed by atoms with Gasteiger partial charge in [0.1, 0.15) is 0 Å². The Hall–Kier alpha value is -2.47. The van der Waals surface area contributed by atoms with E-state index in [1.807, 2.05) is 12.1 Å². The third-order valence-corrected chi connectivity index (χ3v) is 6.75. The third-order valence-electron chi connectivity index (χ3n) is 4.59. The van der Waals surface area contributed by atoms with Gasteiger partial charge in [0.2, 0.25) is 0 Å². The maximum Gasteiger partial charge on any atom is 0.355 e. The van der Waals surface area contributed by atoms with Gasteiger partial charge in [-0.15, -0.1) is 22.7 Å². The van der Waals surface area contributed by atoms with E-state index in [9.17, 15) is 4.79 Å². The van der Waals surface area contributed by atoms with Crippen LogP contribution in [0.5, 0.6) is 0 Å². The summed E-state index contributed by atoms with van der Waals surface area (Å²) in [6, 6.07) is 7.61. The van der Waals surface area contributed by atoms with Gasteiger partial charge in [0, 0.05) is 35.9 Å². The van der Waals surface area contributed by atoms with Crippen molar-refractivity contribution in [2.45, 2.75) is 0 Å². The van der Waals surface area contributed by atoms with Crippen molar-refractivity contribution in [1.29, 1.82) is 0 Å². The highest BCUT2D eigenvalue weighted by atomic mass is 32.1. The molecule has 0 saturated carbocycles. The van der Waals surface area contributed by atoms with Crippen LogP contribution in [0.2, 0.25) is 0 Å². The molecule has 0 radical (unpaired) electrons. The van der Waals surface area contributed by atoms with Crippen molar-refractivity contribution in [3.63, 3.8) is 0 Å². The van der Waals surface area contributed by atoms with Crippen LogP contribution in [0.4, 0.5) is 14.8 Å². The fourth-order valence-electron chi connectivity index (χ4n) is 3.06. The third kappa shape index (κ3) is 5.79. The number of urea groups is 1. The highest BCUT2D eigenvalue weighted by molar-refractivity contribution is 7.18. The minimum Gasteiger partial charge on any atom is -0.378 e. The lowest BCUT2D eigenvalue weighted by atomic mass is 10.4. The molecule has 0 aliphatic carbocycles. The van der Waals surface area contributed by atoms with Gasteiger partial charge < -0.3 is 19.3 Å². The molecule has 2 aromatic heterocycles. The van der Waals surface area contributed by atoms with Gasteiger partial charge in [-0.3, -0.25) is 0 Å². The number of hydrazone groups is 2. The number of hydrogen-bond donors (Lipinski definition) is 2. The SMILES string of the molecule is O=C(N/N=C/c1ccc(N2CCOCC2)s1)N/N=C/c1ccc(N2CCOCC2)s1. The molecule has 0 spiro atoms. The van der Waals surface area contributed by atoms with Crippen LogP contribution in [0.3, 0.4) is 0 Å². The van der Waals surface area contributed by atoms with Gasteiger partial charge in [0.15, 0.2) is 0 Å². The number of nitrogens with one attached hydrogen (secondary N) is 2. The number of anilines is 2. The predicted octanol–water partition coefficient (Wildman–Crippen LogP) is 2.15. The molecule has 0 atom stereocenters. The molecular weight excluding hydrogens is 424 g/mol. The van der Waals surface area contributed by atoms with E-state index in [4.69, 9.17) is 9.47 Å². The van der Waals surface area contributed by atoms with Gasteiger partial charge in [-0.05, 0) is 24.3 Å². The number of ether oxygens (including phenoxy) is 2. The van der Waals surface area contributed by atoms with Gasteiger partial charge in [0.25, 0.3) is 0 Å². The van der Waals surface area contributed by atoms with Crippen LogP contribution in [0.1, 0.15) is 9.75 Å². The Kier molecular flexibility index (Phi) is 7.29. The lowest BCUT2D eigenvalue weighted by molar-refractivity contribution is 0.123. The van der Waals surface area contributed by atoms with E-state index in [2.05, 4.69) is 43.0 Å². The summed E-state index contributed by atoms with van der Waals surface area (Å²) >= 11 is 3.26. The summed E-state index contributed by atoms with van der Waals surface area (Å²) in [6.45, 7) is 6.60. The van der Waals surface area contributed by atoms with E-state index in [0.29, 0.717) is 0 Å². The quantitative estimate of drug-likeness (QED) is 0.522. The minimum absolute atomic E-state index is 0.489. The molecule has 2 aliphatic rings. The van der Waals surface area contributed by atoms with Crippen molar-refractivity contribution in [3.8, 4) is 0 Å². The number of carbonyl (C=O) groups is 1. The number of hydrogen-bond acceptors (Lipinski definition) is 9. The number of morpholine rings is 2. The van der Waals surface area contributed by atoms with Crippen molar-refractivity contribution in [1.82, 2.24) is 10.9 Å². The Bertz CT molecular complexity index is 814. The van der Waals surface area contributed by atoms with Crippen LogP contribution in [-0.4, -0.2) is 71.1 Å². The van der Waals surface area contributed by atoms with E-state index in [0.717, 1.165) is 62.4 Å². The molecule has 2 aliphatic heterocycles. The van der Waals surface area contributed by atoms with Crippen LogP contribution in [0, 0.1) is 0 Å². The zero-order chi connectivity index (χ0) is 20.6. The highest BCUT2D eigenvalue weighted by Crippen LogP contribution is 2.26. The molecule has 9 nitrogen and oxygen atoms in total. The van der Waals surface area contributed by atoms with Crippen LogP contribution in [-0.2, 0) is 9.47 Å². The second-order valence-electron chi connectivity index (χ2n) is 6.62. The average Bonchev–Trinajstić information content (AvgIpc) is 3.45. The van der Waals surface area contributed by atoms with Crippen molar-refractivity contribution in [2.75, 3.05) is 62.4 Å². The maximum absolute atomic E-state index is 11.8. The van der Waals surface area contributed by atoms with Gasteiger partial charge >= 0.3 is 6.03 Å². The Morgan fingerprint density at radius 2 is 1.23 bits per heavy atom. The van der Waals surface area contributed by atoms with Crippen LogP contribution < -0.4 is 20.7 Å². The normalized spacial score (nSPS) is 17.7. The molecule has 4 heterocycles. The largest absolute Gasteiger partial charge is 0.378 e.